The maximum Gasteiger partial charge on any atom is 0.251 e. The Bertz CT molecular complexity index is 952. The van der Waals surface area contributed by atoms with Crippen molar-refractivity contribution in [3.63, 3.8) is 0 Å². The number of rotatable bonds is 11. The Kier molecular flexibility index (Phi) is 8.09. The maximum absolute atomic E-state index is 13.1. The first-order valence-corrected chi connectivity index (χ1v) is 12.4. The molecule has 31 heavy (non-hydrogen) atoms. The van der Waals surface area contributed by atoms with Crippen LogP contribution in [0.25, 0.3) is 0 Å². The largest absolute Gasteiger partial charge is 0.385 e. The number of aromatic nitrogens is 2. The van der Waals surface area contributed by atoms with E-state index in [4.69, 9.17) is 0 Å². The van der Waals surface area contributed by atoms with Crippen LogP contribution in [0.1, 0.15) is 49.9 Å². The van der Waals surface area contributed by atoms with Gasteiger partial charge >= 0.3 is 0 Å². The van der Waals surface area contributed by atoms with E-state index < -0.39 is 10.0 Å². The molecular weight excluding hydrogens is 414 g/mol. The molecule has 9 heteroatoms. The predicted octanol–water partition coefficient (Wildman–Crippen LogP) is 2.95. The first-order valence-electron chi connectivity index (χ1n) is 11.0. The number of nitrogens with zero attached hydrogens (tertiary/aromatic N) is 3. The molecule has 0 aliphatic carbocycles. The molecule has 1 aromatic carbocycles. The molecule has 1 aromatic heterocycles. The van der Waals surface area contributed by atoms with Crippen molar-refractivity contribution < 1.29 is 13.2 Å². The third-order valence-corrected chi connectivity index (χ3v) is 7.24. The van der Waals surface area contributed by atoms with Crippen molar-refractivity contribution in [1.82, 2.24) is 19.2 Å². The van der Waals surface area contributed by atoms with E-state index in [0.717, 1.165) is 38.8 Å². The van der Waals surface area contributed by atoms with E-state index >= 15 is 0 Å². The second-order valence-corrected chi connectivity index (χ2v) is 10.3. The predicted molar refractivity (Wildman–Crippen MR) is 122 cm³/mol. The lowest BCUT2D eigenvalue weighted by Crippen LogP contribution is -2.29. The zero-order valence-corrected chi connectivity index (χ0v) is 19.2. The summed E-state index contributed by atoms with van der Waals surface area (Å²) in [6.07, 6.45) is 8.80. The van der Waals surface area contributed by atoms with Crippen LogP contribution in [-0.4, -0.2) is 54.4 Å². The number of nitrogens with one attached hydrogen (secondary N) is 2. The van der Waals surface area contributed by atoms with Crippen molar-refractivity contribution >= 4 is 21.6 Å². The van der Waals surface area contributed by atoms with Crippen LogP contribution in [0, 0.1) is 5.92 Å². The van der Waals surface area contributed by atoms with Gasteiger partial charge in [0, 0.05) is 56.4 Å². The lowest BCUT2D eigenvalue weighted by Gasteiger charge is -2.18. The summed E-state index contributed by atoms with van der Waals surface area (Å²) in [5.41, 5.74) is 1.01. The molecule has 2 aromatic rings. The molecule has 0 spiro atoms. The van der Waals surface area contributed by atoms with Gasteiger partial charge in [-0.3, -0.25) is 4.79 Å². The van der Waals surface area contributed by atoms with Crippen molar-refractivity contribution in [2.24, 2.45) is 5.92 Å². The molecule has 0 bridgehead atoms. The van der Waals surface area contributed by atoms with Gasteiger partial charge in [-0.25, -0.2) is 13.4 Å². The number of imidazole rings is 1. The van der Waals surface area contributed by atoms with Gasteiger partial charge in [-0.2, -0.15) is 4.31 Å². The molecule has 2 N–H and O–H groups in total. The van der Waals surface area contributed by atoms with E-state index in [0.29, 0.717) is 36.8 Å². The molecule has 1 aliphatic heterocycles. The topological polar surface area (TPSA) is 96.3 Å². The number of hydrogen-bond acceptors (Lipinski definition) is 5. The minimum absolute atomic E-state index is 0.174. The average Bonchev–Trinajstić information content (AvgIpc) is 3.45. The zero-order chi connectivity index (χ0) is 22.3. The smallest absolute Gasteiger partial charge is 0.251 e. The van der Waals surface area contributed by atoms with Crippen LogP contribution < -0.4 is 10.6 Å². The van der Waals surface area contributed by atoms with Crippen molar-refractivity contribution in [2.75, 3.05) is 31.5 Å². The summed E-state index contributed by atoms with van der Waals surface area (Å²) in [4.78, 5) is 16.9. The molecule has 1 aliphatic rings. The molecule has 8 nitrogen and oxygen atoms in total. The summed E-state index contributed by atoms with van der Waals surface area (Å²) in [6.45, 7) is 7.31. The van der Waals surface area contributed by atoms with Gasteiger partial charge in [0.2, 0.25) is 10.0 Å². The molecule has 3 rings (SSSR count). The highest BCUT2D eigenvalue weighted by Gasteiger charge is 2.28. The number of aryl methyl sites for hydroxylation is 1. The number of sulfonamides is 1. The van der Waals surface area contributed by atoms with E-state index in [9.17, 15) is 13.2 Å². The minimum Gasteiger partial charge on any atom is -0.385 e. The Morgan fingerprint density at radius 2 is 1.94 bits per heavy atom. The number of carbonyl (C=O) groups is 1. The van der Waals surface area contributed by atoms with Crippen molar-refractivity contribution in [2.45, 2.75) is 51.0 Å². The second kappa shape index (κ2) is 10.8. The van der Waals surface area contributed by atoms with Crippen molar-refractivity contribution in [3.8, 4) is 0 Å². The monoisotopic (exact) mass is 447 g/mol. The first kappa shape index (κ1) is 23.3. The van der Waals surface area contributed by atoms with Gasteiger partial charge in [-0.15, -0.1) is 0 Å². The van der Waals surface area contributed by atoms with E-state index in [1.165, 1.54) is 10.4 Å². The molecule has 0 unspecified atom stereocenters. The average molecular weight is 448 g/mol. The molecule has 1 amide bonds. The van der Waals surface area contributed by atoms with Crippen LogP contribution >= 0.6 is 0 Å². The minimum atomic E-state index is -3.61. The quantitative estimate of drug-likeness (QED) is 0.516. The molecule has 0 atom stereocenters. The fourth-order valence-corrected chi connectivity index (χ4v) is 5.14. The highest BCUT2D eigenvalue weighted by molar-refractivity contribution is 7.89. The van der Waals surface area contributed by atoms with Crippen molar-refractivity contribution in [1.29, 1.82) is 0 Å². The van der Waals surface area contributed by atoms with Gasteiger partial charge in [0.15, 0.2) is 0 Å². The number of benzene rings is 1. The lowest BCUT2D eigenvalue weighted by molar-refractivity contribution is 0.0952. The molecule has 0 radical (unpaired) electrons. The number of hydrogen-bond donors (Lipinski definition) is 2. The van der Waals surface area contributed by atoms with Gasteiger partial charge in [0.1, 0.15) is 0 Å². The summed E-state index contributed by atoms with van der Waals surface area (Å²) in [7, 11) is -3.61. The van der Waals surface area contributed by atoms with Crippen LogP contribution in [0.4, 0.5) is 5.69 Å². The SMILES string of the molecule is CC(C)CCNc1cc(C(=O)NCCCn2ccnc2)cc(S(=O)(=O)N2CCCC2)c1. The van der Waals surface area contributed by atoms with Gasteiger partial charge < -0.3 is 15.2 Å². The molecular formula is C22H33N5O3S. The van der Waals surface area contributed by atoms with Crippen LogP contribution in [0.2, 0.25) is 0 Å². The molecule has 2 heterocycles. The molecule has 0 saturated carbocycles. The summed E-state index contributed by atoms with van der Waals surface area (Å²) in [5, 5.41) is 6.19. The van der Waals surface area contributed by atoms with Gasteiger partial charge in [-0.1, -0.05) is 13.8 Å². The standard InChI is InChI=1S/C22H33N5O3S/c1-18(2)6-8-24-20-14-19(22(28)25-7-5-10-26-13-9-23-17-26)15-21(16-20)31(29,30)27-11-3-4-12-27/h9,13-18,24H,3-8,10-12H2,1-2H3,(H,25,28). The third kappa shape index (κ3) is 6.54. The van der Waals surface area contributed by atoms with Gasteiger partial charge in [0.05, 0.1) is 11.2 Å². The number of amides is 1. The second-order valence-electron chi connectivity index (χ2n) is 8.38. The lowest BCUT2D eigenvalue weighted by atomic mass is 10.1. The fraction of sp³-hybridized carbons (Fsp3) is 0.545. The van der Waals surface area contributed by atoms with Crippen LogP contribution in [0.5, 0.6) is 0 Å². The summed E-state index contributed by atoms with van der Waals surface area (Å²) in [6, 6.07) is 4.87. The van der Waals surface area contributed by atoms with E-state index in [-0.39, 0.29) is 10.8 Å². The number of anilines is 1. The Hall–Kier alpha value is -2.39. The Labute approximate surface area is 185 Å². The Balaban J connectivity index is 1.72. The van der Waals surface area contributed by atoms with E-state index in [1.807, 2.05) is 10.8 Å². The highest BCUT2D eigenvalue weighted by atomic mass is 32.2. The fourth-order valence-electron chi connectivity index (χ4n) is 3.55. The van der Waals surface area contributed by atoms with Crippen LogP contribution in [-0.2, 0) is 16.6 Å². The maximum atomic E-state index is 13.1. The first-order chi connectivity index (χ1) is 14.9. The zero-order valence-electron chi connectivity index (χ0n) is 18.4. The van der Waals surface area contributed by atoms with Gasteiger partial charge in [0.25, 0.3) is 5.91 Å². The molecule has 170 valence electrons. The molecule has 1 saturated heterocycles. The summed E-state index contributed by atoms with van der Waals surface area (Å²) >= 11 is 0. The van der Waals surface area contributed by atoms with E-state index in [1.54, 1.807) is 24.7 Å². The number of carbonyl (C=O) groups excluding carboxylic acids is 1. The van der Waals surface area contributed by atoms with Crippen LogP contribution in [0.3, 0.4) is 0 Å². The summed E-state index contributed by atoms with van der Waals surface area (Å²) in [5.74, 6) is 0.262. The Morgan fingerprint density at radius 1 is 1.16 bits per heavy atom. The Morgan fingerprint density at radius 3 is 2.61 bits per heavy atom. The van der Waals surface area contributed by atoms with Crippen LogP contribution in [0.15, 0.2) is 41.8 Å². The van der Waals surface area contributed by atoms with Crippen molar-refractivity contribution in [3.05, 3.63) is 42.5 Å². The normalized spacial score (nSPS) is 14.8. The summed E-state index contributed by atoms with van der Waals surface area (Å²) < 4.78 is 29.6. The van der Waals surface area contributed by atoms with E-state index in [2.05, 4.69) is 29.5 Å². The molecule has 1 fully saturated rings. The third-order valence-electron chi connectivity index (χ3n) is 5.36. The van der Waals surface area contributed by atoms with Gasteiger partial charge in [-0.05, 0) is 49.8 Å². The highest BCUT2D eigenvalue weighted by Crippen LogP contribution is 2.25.